The zero-order valence-electron chi connectivity index (χ0n) is 16.9. The molecule has 2 aliphatic heterocycles. The Balaban J connectivity index is 1.65. The van der Waals surface area contributed by atoms with Crippen molar-refractivity contribution in [1.82, 2.24) is 14.5 Å². The summed E-state index contributed by atoms with van der Waals surface area (Å²) in [6, 6.07) is 7.74. The molecule has 0 atom stereocenters. The number of morpholine rings is 1. The Kier molecular flexibility index (Phi) is 7.31. The van der Waals surface area contributed by atoms with Crippen molar-refractivity contribution in [3.05, 3.63) is 35.4 Å². The van der Waals surface area contributed by atoms with E-state index in [9.17, 15) is 8.42 Å². The van der Waals surface area contributed by atoms with Crippen LogP contribution < -0.4 is 5.32 Å². The van der Waals surface area contributed by atoms with E-state index in [4.69, 9.17) is 4.74 Å². The number of nitrogens with one attached hydrogen (secondary N) is 1. The zero-order chi connectivity index (χ0) is 20.0. The van der Waals surface area contributed by atoms with Crippen LogP contribution in [0, 0.1) is 5.92 Å². The Hall–Kier alpha value is -1.64. The van der Waals surface area contributed by atoms with E-state index in [-0.39, 0.29) is 5.75 Å². The fourth-order valence-corrected chi connectivity index (χ4v) is 5.27. The van der Waals surface area contributed by atoms with E-state index in [1.807, 2.05) is 24.3 Å². The lowest BCUT2D eigenvalue weighted by atomic mass is 9.99. The number of hydrogen-bond donors (Lipinski definition) is 1. The van der Waals surface area contributed by atoms with Gasteiger partial charge in [-0.1, -0.05) is 31.2 Å². The summed E-state index contributed by atoms with van der Waals surface area (Å²) in [6.45, 7) is 6.67. The lowest BCUT2D eigenvalue weighted by Crippen LogP contribution is -2.45. The summed E-state index contributed by atoms with van der Waals surface area (Å²) in [4.78, 5) is 6.71. The standard InChI is InChI=1S/C20H32N4O3S/c1-17-7-9-23(10-8-17)20(21-2)22-15-18-5-3-4-6-19(18)16-28(25,26)24-11-13-27-14-12-24/h3-6,17H,7-16H2,1-2H3,(H,21,22). The molecule has 28 heavy (non-hydrogen) atoms. The Morgan fingerprint density at radius 1 is 1.14 bits per heavy atom. The summed E-state index contributed by atoms with van der Waals surface area (Å²) in [6.07, 6.45) is 2.35. The van der Waals surface area contributed by atoms with E-state index in [0.717, 1.165) is 36.1 Å². The third-order valence-corrected chi connectivity index (χ3v) is 7.38. The summed E-state index contributed by atoms with van der Waals surface area (Å²) in [7, 11) is -1.54. The van der Waals surface area contributed by atoms with Crippen LogP contribution in [0.25, 0.3) is 0 Å². The molecule has 2 aliphatic rings. The molecule has 8 heteroatoms. The predicted molar refractivity (Wildman–Crippen MR) is 112 cm³/mol. The smallest absolute Gasteiger partial charge is 0.218 e. The molecular weight excluding hydrogens is 376 g/mol. The van der Waals surface area contributed by atoms with Gasteiger partial charge >= 0.3 is 0 Å². The highest BCUT2D eigenvalue weighted by atomic mass is 32.2. The molecule has 0 unspecified atom stereocenters. The molecular formula is C20H32N4O3S. The fourth-order valence-electron chi connectivity index (χ4n) is 3.71. The van der Waals surface area contributed by atoms with E-state index in [2.05, 4.69) is 22.1 Å². The maximum absolute atomic E-state index is 12.8. The highest BCUT2D eigenvalue weighted by Gasteiger charge is 2.25. The van der Waals surface area contributed by atoms with Gasteiger partial charge in [0.1, 0.15) is 0 Å². The Morgan fingerprint density at radius 3 is 2.43 bits per heavy atom. The first-order chi connectivity index (χ1) is 13.5. The molecule has 2 saturated heterocycles. The van der Waals surface area contributed by atoms with Crippen molar-refractivity contribution >= 4 is 16.0 Å². The number of ether oxygens (including phenoxy) is 1. The van der Waals surface area contributed by atoms with Crippen LogP contribution >= 0.6 is 0 Å². The molecule has 1 N–H and O–H groups in total. The molecule has 2 fully saturated rings. The lowest BCUT2D eigenvalue weighted by Gasteiger charge is -2.33. The van der Waals surface area contributed by atoms with Gasteiger partial charge in [-0.3, -0.25) is 4.99 Å². The maximum atomic E-state index is 12.8. The van der Waals surface area contributed by atoms with Gasteiger partial charge in [-0.15, -0.1) is 0 Å². The Morgan fingerprint density at radius 2 is 1.79 bits per heavy atom. The van der Waals surface area contributed by atoms with E-state index >= 15 is 0 Å². The molecule has 0 bridgehead atoms. The summed E-state index contributed by atoms with van der Waals surface area (Å²) in [5, 5.41) is 3.42. The number of hydrogen-bond acceptors (Lipinski definition) is 4. The first kappa shape index (κ1) is 21.1. The van der Waals surface area contributed by atoms with Gasteiger partial charge in [-0.05, 0) is 29.9 Å². The normalized spacial score (nSPS) is 20.4. The van der Waals surface area contributed by atoms with Crippen LogP contribution in [0.15, 0.2) is 29.3 Å². The molecule has 2 heterocycles. The number of aliphatic imine (C=N–C) groups is 1. The van der Waals surface area contributed by atoms with Crippen LogP contribution in [0.5, 0.6) is 0 Å². The van der Waals surface area contributed by atoms with Crippen LogP contribution in [-0.4, -0.2) is 70.0 Å². The largest absolute Gasteiger partial charge is 0.379 e. The molecule has 0 radical (unpaired) electrons. The van der Waals surface area contributed by atoms with E-state index < -0.39 is 10.0 Å². The zero-order valence-corrected chi connectivity index (χ0v) is 17.7. The average Bonchev–Trinajstić information content (AvgIpc) is 2.71. The number of sulfonamides is 1. The topological polar surface area (TPSA) is 74.2 Å². The molecule has 1 aromatic rings. The van der Waals surface area contributed by atoms with Crippen LogP contribution in [0.1, 0.15) is 30.9 Å². The minimum atomic E-state index is -3.34. The van der Waals surface area contributed by atoms with Crippen molar-refractivity contribution in [2.45, 2.75) is 32.1 Å². The van der Waals surface area contributed by atoms with Gasteiger partial charge in [0.25, 0.3) is 0 Å². The van der Waals surface area contributed by atoms with Crippen molar-refractivity contribution in [2.24, 2.45) is 10.9 Å². The number of piperidine rings is 1. The maximum Gasteiger partial charge on any atom is 0.218 e. The molecule has 0 spiro atoms. The second kappa shape index (κ2) is 9.71. The minimum Gasteiger partial charge on any atom is -0.379 e. The molecule has 1 aromatic carbocycles. The predicted octanol–water partition coefficient (Wildman–Crippen LogP) is 1.66. The summed E-state index contributed by atoms with van der Waals surface area (Å²) in [5.41, 5.74) is 1.83. The third kappa shape index (κ3) is 5.46. The van der Waals surface area contributed by atoms with Crippen molar-refractivity contribution < 1.29 is 13.2 Å². The number of benzene rings is 1. The lowest BCUT2D eigenvalue weighted by molar-refractivity contribution is 0.0729. The Bertz CT molecular complexity index is 767. The number of nitrogens with zero attached hydrogens (tertiary/aromatic N) is 3. The summed E-state index contributed by atoms with van der Waals surface area (Å²) in [5.74, 6) is 1.67. The van der Waals surface area contributed by atoms with Gasteiger partial charge in [-0.25, -0.2) is 8.42 Å². The van der Waals surface area contributed by atoms with Crippen molar-refractivity contribution in [2.75, 3.05) is 46.4 Å². The fraction of sp³-hybridized carbons (Fsp3) is 0.650. The monoisotopic (exact) mass is 408 g/mol. The molecule has 0 aliphatic carbocycles. The third-order valence-electron chi connectivity index (χ3n) is 5.55. The highest BCUT2D eigenvalue weighted by Crippen LogP contribution is 2.18. The first-order valence-corrected chi connectivity index (χ1v) is 11.7. The molecule has 0 saturated carbocycles. The van der Waals surface area contributed by atoms with Gasteiger partial charge in [-0.2, -0.15) is 4.31 Å². The van der Waals surface area contributed by atoms with Gasteiger partial charge in [0.05, 0.1) is 19.0 Å². The summed E-state index contributed by atoms with van der Waals surface area (Å²) < 4.78 is 32.4. The first-order valence-electron chi connectivity index (χ1n) is 10.1. The van der Waals surface area contributed by atoms with Crippen LogP contribution in [0.2, 0.25) is 0 Å². The molecule has 0 amide bonds. The SMILES string of the molecule is CN=C(NCc1ccccc1CS(=O)(=O)N1CCOCC1)N1CCC(C)CC1. The average molecular weight is 409 g/mol. The second-order valence-corrected chi connectivity index (χ2v) is 9.58. The second-order valence-electron chi connectivity index (χ2n) is 7.61. The minimum absolute atomic E-state index is 0.0185. The van der Waals surface area contributed by atoms with Gasteiger partial charge in [0, 0.05) is 39.8 Å². The van der Waals surface area contributed by atoms with Crippen molar-refractivity contribution in [3.63, 3.8) is 0 Å². The van der Waals surface area contributed by atoms with Gasteiger partial charge in [0.15, 0.2) is 5.96 Å². The Labute approximate surface area is 168 Å². The van der Waals surface area contributed by atoms with Gasteiger partial charge < -0.3 is 15.0 Å². The van der Waals surface area contributed by atoms with Crippen LogP contribution in [0.4, 0.5) is 0 Å². The molecule has 7 nitrogen and oxygen atoms in total. The van der Waals surface area contributed by atoms with Gasteiger partial charge in [0.2, 0.25) is 10.0 Å². The summed E-state index contributed by atoms with van der Waals surface area (Å²) >= 11 is 0. The quantitative estimate of drug-likeness (QED) is 0.592. The highest BCUT2D eigenvalue weighted by molar-refractivity contribution is 7.88. The molecule has 0 aromatic heterocycles. The number of rotatable bonds is 5. The molecule has 3 rings (SSSR count). The molecule has 156 valence electrons. The number of likely N-dealkylation sites (tertiary alicyclic amines) is 1. The van der Waals surface area contributed by atoms with Crippen LogP contribution in [-0.2, 0) is 27.1 Å². The van der Waals surface area contributed by atoms with Crippen LogP contribution in [0.3, 0.4) is 0 Å². The number of guanidine groups is 1. The van der Waals surface area contributed by atoms with E-state index in [1.165, 1.54) is 17.1 Å². The van der Waals surface area contributed by atoms with E-state index in [0.29, 0.717) is 32.8 Å². The van der Waals surface area contributed by atoms with E-state index in [1.54, 1.807) is 7.05 Å². The van der Waals surface area contributed by atoms with Crippen molar-refractivity contribution in [1.29, 1.82) is 0 Å². The van der Waals surface area contributed by atoms with Crippen molar-refractivity contribution in [3.8, 4) is 0 Å².